The number of hydrogen-bond donors (Lipinski definition) is 1. The van der Waals surface area contributed by atoms with E-state index in [1.807, 2.05) is 43.3 Å². The van der Waals surface area contributed by atoms with Crippen molar-refractivity contribution in [3.05, 3.63) is 63.6 Å². The first kappa shape index (κ1) is 13.8. The molecule has 0 radical (unpaired) electrons. The number of Topliss-reactive ketones (excluding diaryl/α,β-unsaturated/α-hetero) is 1. The Morgan fingerprint density at radius 2 is 1.79 bits per heavy atom. The Hall–Kier alpha value is -1.61. The van der Waals surface area contributed by atoms with Crippen LogP contribution in [0.15, 0.2) is 46.9 Å². The molecular weight excluding hydrogens is 304 g/mol. The summed E-state index contributed by atoms with van der Waals surface area (Å²) in [6, 6.07) is 13.1. The van der Waals surface area contributed by atoms with E-state index >= 15 is 0 Å². The quantitative estimate of drug-likeness (QED) is 0.930. The lowest BCUT2D eigenvalue weighted by atomic mass is 10.0. The summed E-state index contributed by atoms with van der Waals surface area (Å²) >= 11 is 3.43. The minimum atomic E-state index is 0.0889. The van der Waals surface area contributed by atoms with Gasteiger partial charge in [-0.2, -0.15) is 0 Å². The molecule has 2 rings (SSSR count). The average molecular weight is 319 g/mol. The Morgan fingerprint density at radius 3 is 2.47 bits per heavy atom. The second-order valence-corrected chi connectivity index (χ2v) is 5.47. The van der Waals surface area contributed by atoms with Crippen LogP contribution in [0.3, 0.4) is 0 Å². The first-order valence-electron chi connectivity index (χ1n) is 6.10. The number of phenols is 1. The Bertz CT molecular complexity index is 605. The fourth-order valence-corrected chi connectivity index (χ4v) is 2.38. The van der Waals surface area contributed by atoms with E-state index in [1.165, 1.54) is 0 Å². The summed E-state index contributed by atoms with van der Waals surface area (Å²) in [6.45, 7) is 1.91. The molecule has 0 saturated heterocycles. The van der Waals surface area contributed by atoms with Crippen LogP contribution in [0.25, 0.3) is 0 Å². The average Bonchev–Trinajstić information content (AvgIpc) is 2.36. The third kappa shape index (κ3) is 3.67. The first-order valence-corrected chi connectivity index (χ1v) is 6.89. The lowest BCUT2D eigenvalue weighted by Gasteiger charge is -2.06. The minimum absolute atomic E-state index is 0.0889. The van der Waals surface area contributed by atoms with E-state index in [0.717, 1.165) is 15.6 Å². The van der Waals surface area contributed by atoms with Crippen molar-refractivity contribution in [3.8, 4) is 5.75 Å². The molecule has 0 fully saturated rings. The standard InChI is InChI=1S/C16H15BrO2/c1-11-6-7-13(16(19)8-11)10-14(18)9-12-4-2-3-5-15(12)17/h2-8,19H,9-10H2,1H3. The number of ketones is 1. The predicted octanol–water partition coefficient (Wildman–Crippen LogP) is 3.82. The summed E-state index contributed by atoms with van der Waals surface area (Å²) in [4.78, 5) is 12.0. The van der Waals surface area contributed by atoms with E-state index in [-0.39, 0.29) is 18.0 Å². The molecule has 0 aliphatic rings. The van der Waals surface area contributed by atoms with Crippen LogP contribution in [0, 0.1) is 6.92 Å². The summed E-state index contributed by atoms with van der Waals surface area (Å²) in [6.07, 6.45) is 0.627. The Labute approximate surface area is 121 Å². The van der Waals surface area contributed by atoms with Gasteiger partial charge in [0.2, 0.25) is 0 Å². The Morgan fingerprint density at radius 1 is 1.11 bits per heavy atom. The highest BCUT2D eigenvalue weighted by Crippen LogP contribution is 2.21. The Balaban J connectivity index is 2.08. The smallest absolute Gasteiger partial charge is 0.141 e. The largest absolute Gasteiger partial charge is 0.508 e. The number of phenolic OH excluding ortho intramolecular Hbond substituents is 1. The van der Waals surface area contributed by atoms with Crippen molar-refractivity contribution < 1.29 is 9.90 Å². The number of benzene rings is 2. The van der Waals surface area contributed by atoms with Gasteiger partial charge in [0.1, 0.15) is 11.5 Å². The molecule has 0 atom stereocenters. The third-order valence-electron chi connectivity index (χ3n) is 2.97. The van der Waals surface area contributed by atoms with E-state index in [2.05, 4.69) is 15.9 Å². The number of aryl methyl sites for hydroxylation is 1. The van der Waals surface area contributed by atoms with Gasteiger partial charge >= 0.3 is 0 Å². The van der Waals surface area contributed by atoms with Crippen LogP contribution >= 0.6 is 15.9 Å². The molecule has 2 aromatic carbocycles. The molecule has 0 heterocycles. The molecule has 19 heavy (non-hydrogen) atoms. The number of carbonyl (C=O) groups excluding carboxylic acids is 1. The summed E-state index contributed by atoms with van der Waals surface area (Å²) in [7, 11) is 0. The maximum atomic E-state index is 12.0. The van der Waals surface area contributed by atoms with Crippen LogP contribution in [0.5, 0.6) is 5.75 Å². The van der Waals surface area contributed by atoms with Crippen molar-refractivity contribution in [2.45, 2.75) is 19.8 Å². The zero-order chi connectivity index (χ0) is 13.8. The van der Waals surface area contributed by atoms with Crippen LogP contribution in [-0.4, -0.2) is 10.9 Å². The summed E-state index contributed by atoms with van der Waals surface area (Å²) in [5.41, 5.74) is 2.64. The van der Waals surface area contributed by atoms with E-state index in [9.17, 15) is 9.90 Å². The van der Waals surface area contributed by atoms with Crippen molar-refractivity contribution in [1.29, 1.82) is 0 Å². The van der Waals surface area contributed by atoms with Gasteiger partial charge in [0.25, 0.3) is 0 Å². The maximum absolute atomic E-state index is 12.0. The van der Waals surface area contributed by atoms with Gasteiger partial charge in [0.15, 0.2) is 0 Å². The second-order valence-electron chi connectivity index (χ2n) is 4.62. The van der Waals surface area contributed by atoms with Gasteiger partial charge in [-0.15, -0.1) is 0 Å². The molecule has 0 unspecified atom stereocenters. The summed E-state index contributed by atoms with van der Waals surface area (Å²) in [5.74, 6) is 0.284. The first-order chi connectivity index (χ1) is 9.06. The van der Waals surface area contributed by atoms with E-state index in [0.29, 0.717) is 12.0 Å². The topological polar surface area (TPSA) is 37.3 Å². The lowest BCUT2D eigenvalue weighted by molar-refractivity contribution is -0.117. The van der Waals surface area contributed by atoms with Gasteiger partial charge in [0.05, 0.1) is 0 Å². The molecule has 2 aromatic rings. The minimum Gasteiger partial charge on any atom is -0.508 e. The molecule has 0 amide bonds. The molecule has 0 saturated carbocycles. The molecule has 0 bridgehead atoms. The van der Waals surface area contributed by atoms with E-state index in [4.69, 9.17) is 0 Å². The highest BCUT2D eigenvalue weighted by molar-refractivity contribution is 9.10. The highest BCUT2D eigenvalue weighted by Gasteiger charge is 2.10. The van der Waals surface area contributed by atoms with E-state index < -0.39 is 0 Å². The summed E-state index contributed by atoms with van der Waals surface area (Å²) in [5, 5.41) is 9.80. The lowest BCUT2D eigenvalue weighted by Crippen LogP contribution is -2.07. The van der Waals surface area contributed by atoms with Gasteiger partial charge in [0, 0.05) is 22.9 Å². The SMILES string of the molecule is Cc1ccc(CC(=O)Cc2ccccc2Br)c(O)c1. The monoisotopic (exact) mass is 318 g/mol. The second kappa shape index (κ2) is 6.02. The summed E-state index contributed by atoms with van der Waals surface area (Å²) < 4.78 is 0.941. The van der Waals surface area contributed by atoms with Crippen LogP contribution in [0.4, 0.5) is 0 Å². The van der Waals surface area contributed by atoms with E-state index in [1.54, 1.807) is 6.07 Å². The fourth-order valence-electron chi connectivity index (χ4n) is 1.95. The molecule has 0 spiro atoms. The van der Waals surface area contributed by atoms with Gasteiger partial charge < -0.3 is 5.11 Å². The number of rotatable bonds is 4. The van der Waals surface area contributed by atoms with Crippen LogP contribution in [0.1, 0.15) is 16.7 Å². The van der Waals surface area contributed by atoms with Crippen LogP contribution in [-0.2, 0) is 17.6 Å². The maximum Gasteiger partial charge on any atom is 0.141 e. The molecule has 1 N–H and O–H groups in total. The molecule has 0 aromatic heterocycles. The molecular formula is C16H15BrO2. The number of carbonyl (C=O) groups is 1. The van der Waals surface area contributed by atoms with Gasteiger partial charge in [-0.1, -0.05) is 46.3 Å². The van der Waals surface area contributed by atoms with Crippen molar-refractivity contribution in [1.82, 2.24) is 0 Å². The number of aromatic hydroxyl groups is 1. The molecule has 0 aliphatic carbocycles. The molecule has 3 heteroatoms. The van der Waals surface area contributed by atoms with Gasteiger partial charge in [-0.25, -0.2) is 0 Å². The van der Waals surface area contributed by atoms with Gasteiger partial charge in [-0.05, 0) is 30.2 Å². The molecule has 0 aliphatic heterocycles. The van der Waals surface area contributed by atoms with Crippen LogP contribution < -0.4 is 0 Å². The number of hydrogen-bond acceptors (Lipinski definition) is 2. The predicted molar refractivity (Wildman–Crippen MR) is 79.4 cm³/mol. The van der Waals surface area contributed by atoms with Gasteiger partial charge in [-0.3, -0.25) is 4.79 Å². The fraction of sp³-hybridized carbons (Fsp3) is 0.188. The highest BCUT2D eigenvalue weighted by atomic mass is 79.9. The molecule has 98 valence electrons. The van der Waals surface area contributed by atoms with Crippen molar-refractivity contribution in [2.24, 2.45) is 0 Å². The van der Waals surface area contributed by atoms with Crippen molar-refractivity contribution >= 4 is 21.7 Å². The van der Waals surface area contributed by atoms with Crippen molar-refractivity contribution in [3.63, 3.8) is 0 Å². The number of halogens is 1. The Kier molecular flexibility index (Phi) is 4.38. The molecule has 2 nitrogen and oxygen atoms in total. The third-order valence-corrected chi connectivity index (χ3v) is 3.75. The van der Waals surface area contributed by atoms with Crippen LogP contribution in [0.2, 0.25) is 0 Å². The normalized spacial score (nSPS) is 10.4. The zero-order valence-corrected chi connectivity index (χ0v) is 12.3. The zero-order valence-electron chi connectivity index (χ0n) is 10.7. The van der Waals surface area contributed by atoms with Crippen molar-refractivity contribution in [2.75, 3.05) is 0 Å².